The lowest BCUT2D eigenvalue weighted by atomic mass is 10.1. The molecule has 0 saturated heterocycles. The van der Waals surface area contributed by atoms with Crippen LogP contribution in [0.5, 0.6) is 5.75 Å². The van der Waals surface area contributed by atoms with E-state index in [1.54, 1.807) is 37.4 Å². The first-order valence-electron chi connectivity index (χ1n) is 7.47. The molecule has 0 unspecified atom stereocenters. The minimum Gasteiger partial charge on any atom is -0.489 e. The third kappa shape index (κ3) is 5.63. The Hall–Kier alpha value is -3.04. The smallest absolute Gasteiger partial charge is 0.319 e. The van der Waals surface area contributed by atoms with Crippen molar-refractivity contribution in [1.82, 2.24) is 5.32 Å². The summed E-state index contributed by atoms with van der Waals surface area (Å²) >= 11 is 0. The summed E-state index contributed by atoms with van der Waals surface area (Å²) in [5.41, 5.74) is 2.14. The van der Waals surface area contributed by atoms with E-state index in [1.807, 2.05) is 18.2 Å². The fourth-order valence-electron chi connectivity index (χ4n) is 2.00. The van der Waals surface area contributed by atoms with Gasteiger partial charge in [-0.3, -0.25) is 0 Å². The van der Waals surface area contributed by atoms with Gasteiger partial charge >= 0.3 is 6.03 Å². The Morgan fingerprint density at radius 1 is 1.21 bits per heavy atom. The standard InChI is InChI=1S/C18H19N3O3/c1-23-9-8-20-18(22)21-16-6-3-7-17(11-16)24-13-15-5-2-4-14(10-15)12-19/h2-7,10-11H,8-9,13H2,1H3,(H2,20,21,22). The number of hydrogen-bond acceptors (Lipinski definition) is 4. The van der Waals surface area contributed by atoms with Gasteiger partial charge < -0.3 is 20.1 Å². The zero-order valence-electron chi connectivity index (χ0n) is 13.4. The second-order valence-electron chi connectivity index (χ2n) is 5.00. The lowest BCUT2D eigenvalue weighted by Crippen LogP contribution is -2.31. The second kappa shape index (κ2) is 9.18. The number of amides is 2. The molecule has 0 aliphatic rings. The number of nitrogens with zero attached hydrogens (tertiary/aromatic N) is 1. The molecule has 2 rings (SSSR count). The predicted molar refractivity (Wildman–Crippen MR) is 90.8 cm³/mol. The fourth-order valence-corrected chi connectivity index (χ4v) is 2.00. The molecule has 0 aliphatic heterocycles. The van der Waals surface area contributed by atoms with Crippen molar-refractivity contribution in [3.05, 3.63) is 59.7 Å². The fraction of sp³-hybridized carbons (Fsp3) is 0.222. The molecule has 6 nitrogen and oxygen atoms in total. The number of urea groups is 1. The maximum absolute atomic E-state index is 11.7. The first kappa shape index (κ1) is 17.3. The molecule has 2 amide bonds. The van der Waals surface area contributed by atoms with Gasteiger partial charge in [0.15, 0.2) is 0 Å². The predicted octanol–water partition coefficient (Wildman–Crippen LogP) is 2.91. The van der Waals surface area contributed by atoms with Gasteiger partial charge in [-0.15, -0.1) is 0 Å². The number of anilines is 1. The Morgan fingerprint density at radius 2 is 2.04 bits per heavy atom. The molecule has 0 aromatic heterocycles. The van der Waals surface area contributed by atoms with Crippen molar-refractivity contribution in [3.63, 3.8) is 0 Å². The van der Waals surface area contributed by atoms with E-state index in [9.17, 15) is 4.79 Å². The van der Waals surface area contributed by atoms with E-state index in [1.165, 1.54) is 0 Å². The lowest BCUT2D eigenvalue weighted by Gasteiger charge is -2.10. The maximum Gasteiger partial charge on any atom is 0.319 e. The first-order valence-corrected chi connectivity index (χ1v) is 7.47. The number of nitrogens with one attached hydrogen (secondary N) is 2. The Morgan fingerprint density at radius 3 is 2.83 bits per heavy atom. The van der Waals surface area contributed by atoms with Crippen LogP contribution in [-0.4, -0.2) is 26.3 Å². The largest absolute Gasteiger partial charge is 0.489 e. The van der Waals surface area contributed by atoms with Crippen molar-refractivity contribution >= 4 is 11.7 Å². The maximum atomic E-state index is 11.7. The average molecular weight is 325 g/mol. The van der Waals surface area contributed by atoms with Gasteiger partial charge in [0.25, 0.3) is 0 Å². The van der Waals surface area contributed by atoms with Crippen LogP contribution in [0.4, 0.5) is 10.5 Å². The number of ether oxygens (including phenoxy) is 2. The summed E-state index contributed by atoms with van der Waals surface area (Å²) in [6, 6.07) is 16.2. The summed E-state index contributed by atoms with van der Waals surface area (Å²) in [6.07, 6.45) is 0. The van der Waals surface area contributed by atoms with Gasteiger partial charge in [-0.25, -0.2) is 4.79 Å². The van der Waals surface area contributed by atoms with Crippen LogP contribution in [-0.2, 0) is 11.3 Å². The molecule has 0 heterocycles. The van der Waals surface area contributed by atoms with Gasteiger partial charge in [-0.05, 0) is 29.8 Å². The van der Waals surface area contributed by atoms with E-state index >= 15 is 0 Å². The van der Waals surface area contributed by atoms with Crippen molar-refractivity contribution in [1.29, 1.82) is 5.26 Å². The average Bonchev–Trinajstić information content (AvgIpc) is 2.61. The van der Waals surface area contributed by atoms with Gasteiger partial charge in [0, 0.05) is 25.4 Å². The van der Waals surface area contributed by atoms with Crippen molar-refractivity contribution in [2.45, 2.75) is 6.61 Å². The highest BCUT2D eigenvalue weighted by Gasteiger charge is 2.03. The van der Waals surface area contributed by atoms with E-state index in [2.05, 4.69) is 16.7 Å². The molecule has 0 saturated carbocycles. The Bertz CT molecular complexity index is 725. The molecule has 0 bridgehead atoms. The van der Waals surface area contributed by atoms with Crippen LogP contribution in [0.1, 0.15) is 11.1 Å². The number of nitriles is 1. The monoisotopic (exact) mass is 325 g/mol. The van der Waals surface area contributed by atoms with E-state index in [-0.39, 0.29) is 6.03 Å². The number of carbonyl (C=O) groups is 1. The molecular formula is C18H19N3O3. The van der Waals surface area contributed by atoms with Crippen LogP contribution < -0.4 is 15.4 Å². The summed E-state index contributed by atoms with van der Waals surface area (Å²) in [7, 11) is 1.58. The van der Waals surface area contributed by atoms with Gasteiger partial charge in [0.1, 0.15) is 12.4 Å². The molecule has 0 spiro atoms. The highest BCUT2D eigenvalue weighted by molar-refractivity contribution is 5.89. The molecular weight excluding hydrogens is 306 g/mol. The minimum atomic E-state index is -0.300. The molecule has 0 atom stereocenters. The van der Waals surface area contributed by atoms with Crippen LogP contribution in [0.15, 0.2) is 48.5 Å². The van der Waals surface area contributed by atoms with Crippen LogP contribution in [0, 0.1) is 11.3 Å². The molecule has 124 valence electrons. The first-order chi connectivity index (χ1) is 11.7. The Balaban J connectivity index is 1.90. The van der Waals surface area contributed by atoms with E-state index in [0.29, 0.717) is 36.8 Å². The summed E-state index contributed by atoms with van der Waals surface area (Å²) in [5, 5.41) is 14.3. The summed E-state index contributed by atoms with van der Waals surface area (Å²) in [5.74, 6) is 0.632. The normalized spacial score (nSPS) is 9.83. The van der Waals surface area contributed by atoms with E-state index in [0.717, 1.165) is 5.56 Å². The van der Waals surface area contributed by atoms with Crippen molar-refractivity contribution in [2.75, 3.05) is 25.6 Å². The van der Waals surface area contributed by atoms with Gasteiger partial charge in [0.05, 0.1) is 18.2 Å². The quantitative estimate of drug-likeness (QED) is 0.767. The number of carbonyl (C=O) groups excluding carboxylic acids is 1. The van der Waals surface area contributed by atoms with E-state index in [4.69, 9.17) is 14.7 Å². The van der Waals surface area contributed by atoms with E-state index < -0.39 is 0 Å². The van der Waals surface area contributed by atoms with Gasteiger partial charge in [-0.2, -0.15) is 5.26 Å². The SMILES string of the molecule is COCCNC(=O)Nc1cccc(OCc2cccc(C#N)c2)c1. The summed E-state index contributed by atoms with van der Waals surface area (Å²) in [4.78, 5) is 11.7. The number of hydrogen-bond donors (Lipinski definition) is 2. The van der Waals surface area contributed by atoms with Crippen molar-refractivity contribution in [2.24, 2.45) is 0 Å². The minimum absolute atomic E-state index is 0.300. The molecule has 2 N–H and O–H groups in total. The highest BCUT2D eigenvalue weighted by atomic mass is 16.5. The zero-order chi connectivity index (χ0) is 17.2. The van der Waals surface area contributed by atoms with Crippen LogP contribution in [0.3, 0.4) is 0 Å². The topological polar surface area (TPSA) is 83.4 Å². The van der Waals surface area contributed by atoms with Crippen molar-refractivity contribution in [3.8, 4) is 11.8 Å². The number of benzene rings is 2. The van der Waals surface area contributed by atoms with Crippen LogP contribution >= 0.6 is 0 Å². The number of methoxy groups -OCH3 is 1. The molecule has 0 aliphatic carbocycles. The third-order valence-electron chi connectivity index (χ3n) is 3.15. The zero-order valence-corrected chi connectivity index (χ0v) is 13.4. The molecule has 6 heteroatoms. The molecule has 2 aromatic rings. The second-order valence-corrected chi connectivity index (χ2v) is 5.00. The number of rotatable bonds is 7. The van der Waals surface area contributed by atoms with Gasteiger partial charge in [-0.1, -0.05) is 18.2 Å². The molecule has 0 fully saturated rings. The Kier molecular flexibility index (Phi) is 6.62. The molecule has 2 aromatic carbocycles. The van der Waals surface area contributed by atoms with Crippen molar-refractivity contribution < 1.29 is 14.3 Å². The van der Waals surface area contributed by atoms with Crippen LogP contribution in [0.2, 0.25) is 0 Å². The molecule has 0 radical (unpaired) electrons. The summed E-state index contributed by atoms with van der Waals surface area (Å²) < 4.78 is 10.6. The van der Waals surface area contributed by atoms with Crippen LogP contribution in [0.25, 0.3) is 0 Å². The third-order valence-corrected chi connectivity index (χ3v) is 3.15. The molecule has 24 heavy (non-hydrogen) atoms. The highest BCUT2D eigenvalue weighted by Crippen LogP contribution is 2.18. The van der Waals surface area contributed by atoms with Gasteiger partial charge in [0.2, 0.25) is 0 Å². The Labute approximate surface area is 141 Å². The lowest BCUT2D eigenvalue weighted by molar-refractivity contribution is 0.198. The summed E-state index contributed by atoms with van der Waals surface area (Å²) in [6.45, 7) is 1.24.